The highest BCUT2D eigenvalue weighted by Crippen LogP contribution is 2.29. The Hall–Kier alpha value is -2.31. The van der Waals surface area contributed by atoms with Crippen LogP contribution in [0.4, 0.5) is 13.2 Å². The number of carboxylic acid groups (broad SMARTS) is 1. The van der Waals surface area contributed by atoms with Crippen molar-refractivity contribution in [3.8, 4) is 0 Å². The number of aliphatic carboxylic acids is 1. The summed E-state index contributed by atoms with van der Waals surface area (Å²) in [6.45, 7) is 0. The first-order chi connectivity index (χ1) is 9.34. The summed E-state index contributed by atoms with van der Waals surface area (Å²) >= 11 is 0. The third-order valence-electron chi connectivity index (χ3n) is 2.54. The van der Waals surface area contributed by atoms with Gasteiger partial charge < -0.3 is 9.52 Å². The normalized spacial score (nSPS) is 11.6. The third-order valence-corrected chi connectivity index (χ3v) is 2.54. The highest BCUT2D eigenvalue weighted by molar-refractivity contribution is 5.69. The van der Waals surface area contributed by atoms with Gasteiger partial charge in [0.2, 0.25) is 0 Å². The van der Waals surface area contributed by atoms with E-state index in [1.165, 1.54) is 18.3 Å². The smallest absolute Gasteiger partial charge is 0.416 e. The molecule has 0 saturated carbocycles. The van der Waals surface area contributed by atoms with Gasteiger partial charge in [-0.2, -0.15) is 13.2 Å². The van der Waals surface area contributed by atoms with Crippen molar-refractivity contribution in [3.63, 3.8) is 0 Å². The average Bonchev–Trinajstić information content (AvgIpc) is 2.75. The van der Waals surface area contributed by atoms with Crippen LogP contribution in [-0.2, 0) is 23.8 Å². The van der Waals surface area contributed by atoms with Crippen molar-refractivity contribution in [2.75, 3.05) is 0 Å². The Morgan fingerprint density at radius 3 is 2.75 bits per heavy atom. The van der Waals surface area contributed by atoms with E-state index in [2.05, 4.69) is 4.98 Å². The Morgan fingerprint density at radius 2 is 2.10 bits per heavy atom. The molecule has 0 amide bonds. The Balaban J connectivity index is 2.14. The maximum atomic E-state index is 12.5. The molecular formula is C13H10F3NO3. The number of oxazole rings is 1. The van der Waals surface area contributed by atoms with Gasteiger partial charge in [0.05, 0.1) is 11.8 Å². The molecule has 2 rings (SSSR count). The van der Waals surface area contributed by atoms with Crippen LogP contribution in [0.1, 0.15) is 22.8 Å². The van der Waals surface area contributed by atoms with E-state index in [1.807, 2.05) is 0 Å². The maximum absolute atomic E-state index is 12.5. The van der Waals surface area contributed by atoms with E-state index in [0.29, 0.717) is 5.56 Å². The minimum atomic E-state index is -4.40. The highest BCUT2D eigenvalue weighted by Gasteiger charge is 2.30. The van der Waals surface area contributed by atoms with Crippen molar-refractivity contribution in [2.24, 2.45) is 0 Å². The molecule has 0 saturated heterocycles. The van der Waals surface area contributed by atoms with Crippen LogP contribution in [0.2, 0.25) is 0 Å². The molecule has 106 valence electrons. The van der Waals surface area contributed by atoms with Crippen LogP contribution in [0.25, 0.3) is 0 Å². The van der Waals surface area contributed by atoms with Gasteiger partial charge in [-0.3, -0.25) is 4.79 Å². The molecule has 0 bridgehead atoms. The molecule has 2 aromatic rings. The van der Waals surface area contributed by atoms with E-state index in [9.17, 15) is 18.0 Å². The maximum Gasteiger partial charge on any atom is 0.416 e. The molecule has 1 N–H and O–H groups in total. The standard InChI is InChI=1S/C13H10F3NO3/c14-13(15,16)9-3-1-2-8(4-9)5-11-17-7-10(20-11)6-12(18)19/h1-4,7H,5-6H2,(H,18,19). The molecule has 0 aliphatic carbocycles. The predicted octanol–water partition coefficient (Wildman–Crippen LogP) is 2.91. The minimum absolute atomic E-state index is 0.0730. The first-order valence-electron chi connectivity index (χ1n) is 5.66. The van der Waals surface area contributed by atoms with Crippen LogP contribution >= 0.6 is 0 Å². The molecule has 1 aromatic heterocycles. The second-order valence-corrected chi connectivity index (χ2v) is 4.17. The summed E-state index contributed by atoms with van der Waals surface area (Å²) < 4.78 is 42.8. The number of hydrogen-bond donors (Lipinski definition) is 1. The average molecular weight is 285 g/mol. The highest BCUT2D eigenvalue weighted by atomic mass is 19.4. The van der Waals surface area contributed by atoms with E-state index in [1.54, 1.807) is 0 Å². The molecule has 0 spiro atoms. The van der Waals surface area contributed by atoms with Gasteiger partial charge in [0, 0.05) is 6.42 Å². The van der Waals surface area contributed by atoms with Crippen molar-refractivity contribution in [1.29, 1.82) is 0 Å². The fourth-order valence-electron chi connectivity index (χ4n) is 1.69. The topological polar surface area (TPSA) is 63.3 Å². The lowest BCUT2D eigenvalue weighted by Crippen LogP contribution is -2.05. The molecule has 7 heteroatoms. The molecule has 4 nitrogen and oxygen atoms in total. The Kier molecular flexibility index (Phi) is 3.78. The first kappa shape index (κ1) is 14.1. The third kappa shape index (κ3) is 3.59. The lowest BCUT2D eigenvalue weighted by molar-refractivity contribution is -0.138. The van der Waals surface area contributed by atoms with Gasteiger partial charge >= 0.3 is 12.1 Å². The molecule has 0 fully saturated rings. The van der Waals surface area contributed by atoms with Gasteiger partial charge in [-0.25, -0.2) is 4.98 Å². The van der Waals surface area contributed by atoms with E-state index >= 15 is 0 Å². The van der Waals surface area contributed by atoms with Crippen LogP contribution in [-0.4, -0.2) is 16.1 Å². The van der Waals surface area contributed by atoms with Crippen molar-refractivity contribution >= 4 is 5.97 Å². The molecule has 0 radical (unpaired) electrons. The molecule has 20 heavy (non-hydrogen) atoms. The number of carbonyl (C=O) groups is 1. The Morgan fingerprint density at radius 1 is 1.35 bits per heavy atom. The van der Waals surface area contributed by atoms with Gasteiger partial charge in [0.25, 0.3) is 0 Å². The van der Waals surface area contributed by atoms with Crippen molar-refractivity contribution in [3.05, 3.63) is 53.2 Å². The van der Waals surface area contributed by atoms with E-state index in [-0.39, 0.29) is 24.5 Å². The quantitative estimate of drug-likeness (QED) is 0.938. The number of nitrogens with zero attached hydrogens (tertiary/aromatic N) is 1. The van der Waals surface area contributed by atoms with Crippen LogP contribution in [0.5, 0.6) is 0 Å². The van der Waals surface area contributed by atoms with Crippen molar-refractivity contribution < 1.29 is 27.5 Å². The fraction of sp³-hybridized carbons (Fsp3) is 0.231. The zero-order chi connectivity index (χ0) is 14.8. The summed E-state index contributed by atoms with van der Waals surface area (Å²) in [6, 6.07) is 4.82. The fourth-order valence-corrected chi connectivity index (χ4v) is 1.69. The van der Waals surface area contributed by atoms with Crippen LogP contribution in [0.3, 0.4) is 0 Å². The zero-order valence-corrected chi connectivity index (χ0v) is 10.1. The molecule has 1 heterocycles. The Labute approximate surface area is 111 Å². The van der Waals surface area contributed by atoms with Crippen LogP contribution in [0.15, 0.2) is 34.9 Å². The predicted molar refractivity (Wildman–Crippen MR) is 62.1 cm³/mol. The number of rotatable bonds is 4. The van der Waals surface area contributed by atoms with Gasteiger partial charge in [-0.1, -0.05) is 18.2 Å². The largest absolute Gasteiger partial charge is 0.481 e. The molecule has 0 unspecified atom stereocenters. The monoisotopic (exact) mass is 285 g/mol. The van der Waals surface area contributed by atoms with Crippen molar-refractivity contribution in [2.45, 2.75) is 19.0 Å². The number of alkyl halides is 3. The Bertz CT molecular complexity index is 619. The minimum Gasteiger partial charge on any atom is -0.481 e. The number of halogens is 3. The molecule has 0 atom stereocenters. The van der Waals surface area contributed by atoms with E-state index in [0.717, 1.165) is 12.1 Å². The van der Waals surface area contributed by atoms with Crippen LogP contribution in [0, 0.1) is 0 Å². The van der Waals surface area contributed by atoms with Gasteiger partial charge in [-0.05, 0) is 11.6 Å². The molecule has 0 aliphatic heterocycles. The van der Waals surface area contributed by atoms with Crippen molar-refractivity contribution in [1.82, 2.24) is 4.98 Å². The summed E-state index contributed by atoms with van der Waals surface area (Å²) in [6.07, 6.45) is -3.38. The zero-order valence-electron chi connectivity index (χ0n) is 10.1. The number of benzene rings is 1. The van der Waals surface area contributed by atoms with Gasteiger partial charge in [0.15, 0.2) is 5.89 Å². The summed E-state index contributed by atoms with van der Waals surface area (Å²) in [4.78, 5) is 14.3. The second-order valence-electron chi connectivity index (χ2n) is 4.17. The van der Waals surface area contributed by atoms with Gasteiger partial charge in [-0.15, -0.1) is 0 Å². The van der Waals surface area contributed by atoms with Gasteiger partial charge in [0.1, 0.15) is 12.2 Å². The number of hydrogen-bond acceptors (Lipinski definition) is 3. The van der Waals surface area contributed by atoms with E-state index < -0.39 is 17.7 Å². The SMILES string of the molecule is O=C(O)Cc1cnc(Cc2cccc(C(F)(F)F)c2)o1. The molecular weight excluding hydrogens is 275 g/mol. The lowest BCUT2D eigenvalue weighted by atomic mass is 10.1. The van der Waals surface area contributed by atoms with Crippen LogP contribution < -0.4 is 0 Å². The second kappa shape index (κ2) is 5.36. The first-order valence-corrected chi connectivity index (χ1v) is 5.66. The van der Waals surface area contributed by atoms with E-state index in [4.69, 9.17) is 9.52 Å². The summed E-state index contributed by atoms with van der Waals surface area (Å²) in [5.41, 5.74) is -0.351. The number of carboxylic acids is 1. The summed E-state index contributed by atoms with van der Waals surface area (Å²) in [7, 11) is 0. The summed E-state index contributed by atoms with van der Waals surface area (Å²) in [5.74, 6) is -0.716. The lowest BCUT2D eigenvalue weighted by Gasteiger charge is -2.07. The number of aromatic nitrogens is 1. The molecule has 1 aromatic carbocycles. The summed E-state index contributed by atoms with van der Waals surface area (Å²) in [5, 5.41) is 8.58. The molecule has 0 aliphatic rings.